The molecule has 3 aromatic rings. The van der Waals surface area contributed by atoms with Crippen molar-refractivity contribution in [1.29, 1.82) is 0 Å². The molecule has 1 fully saturated rings. The van der Waals surface area contributed by atoms with E-state index in [1.807, 2.05) is 18.2 Å². The molecule has 2 aromatic carbocycles. The van der Waals surface area contributed by atoms with Crippen LogP contribution in [0.15, 0.2) is 47.3 Å². The zero-order chi connectivity index (χ0) is 25.5. The van der Waals surface area contributed by atoms with Crippen LogP contribution in [-0.4, -0.2) is 46.8 Å². The molecule has 1 unspecified atom stereocenters. The van der Waals surface area contributed by atoms with E-state index < -0.39 is 6.04 Å². The third-order valence-electron chi connectivity index (χ3n) is 6.69. The topological polar surface area (TPSA) is 84.3 Å². The van der Waals surface area contributed by atoms with Gasteiger partial charge in [-0.15, -0.1) is 0 Å². The molecule has 1 amide bonds. The number of fused-ring (bicyclic) bond motifs is 1. The highest BCUT2D eigenvalue weighted by Crippen LogP contribution is 2.18. The molecule has 0 saturated carbocycles. The van der Waals surface area contributed by atoms with Gasteiger partial charge in [-0.25, -0.2) is 4.98 Å². The molecule has 186 valence electrons. The summed E-state index contributed by atoms with van der Waals surface area (Å²) >= 11 is 0. The van der Waals surface area contributed by atoms with Crippen molar-refractivity contribution in [3.05, 3.63) is 75.3 Å². The van der Waals surface area contributed by atoms with Gasteiger partial charge in [-0.2, -0.15) is 0 Å². The van der Waals surface area contributed by atoms with Crippen LogP contribution >= 0.6 is 0 Å². The number of piperidine rings is 1. The number of nitrogens with one attached hydrogen (secondary N) is 1. The Morgan fingerprint density at radius 1 is 1.11 bits per heavy atom. The summed E-state index contributed by atoms with van der Waals surface area (Å²) in [4.78, 5) is 43.8. The van der Waals surface area contributed by atoms with Gasteiger partial charge in [0.15, 0.2) is 0 Å². The minimum Gasteiger partial charge on any atom is -0.359 e. The maximum atomic E-state index is 13.3. The molecule has 0 aliphatic carbocycles. The zero-order valence-electron chi connectivity index (χ0n) is 20.9. The van der Waals surface area contributed by atoms with Crippen molar-refractivity contribution in [3.63, 3.8) is 0 Å². The van der Waals surface area contributed by atoms with Crippen LogP contribution in [0.4, 0.5) is 0 Å². The van der Waals surface area contributed by atoms with Gasteiger partial charge < -0.3 is 10.1 Å². The van der Waals surface area contributed by atoms with Crippen LogP contribution in [0, 0.1) is 18.8 Å². The predicted molar refractivity (Wildman–Crippen MR) is 141 cm³/mol. The molecule has 1 saturated heterocycles. The summed E-state index contributed by atoms with van der Waals surface area (Å²) in [6, 6.07) is 12.9. The number of hydrogen-bond acceptors (Lipinski definition) is 5. The first-order valence-electron chi connectivity index (χ1n) is 12.5. The molecule has 1 N–H and O–H groups in total. The van der Waals surface area contributed by atoms with Crippen molar-refractivity contribution in [2.45, 2.75) is 51.6 Å². The second kappa shape index (κ2) is 11.8. The second-order valence-electron chi connectivity index (χ2n) is 9.23. The fourth-order valence-electron chi connectivity index (χ4n) is 4.69. The van der Waals surface area contributed by atoms with E-state index in [1.165, 1.54) is 42.5 Å². The largest absolute Gasteiger partial charge is 0.359 e. The molecular weight excluding hydrogens is 452 g/mol. The molecule has 1 aliphatic heterocycles. The monoisotopic (exact) mass is 484 g/mol. The first-order valence-corrected chi connectivity index (χ1v) is 12.5. The maximum absolute atomic E-state index is 13.3. The molecule has 7 nitrogen and oxygen atoms in total. The second-order valence-corrected chi connectivity index (χ2v) is 9.23. The number of benzene rings is 2. The number of aromatic nitrogens is 2. The molecule has 2 heterocycles. The molecule has 1 aliphatic rings. The predicted octanol–water partition coefficient (Wildman–Crippen LogP) is 3.36. The molecule has 0 radical (unpaired) electrons. The van der Waals surface area contributed by atoms with Crippen molar-refractivity contribution in [1.82, 2.24) is 19.8 Å². The number of para-hydroxylation sites is 1. The standard InChI is InChI=1S/C29H32N4O3/c1-21-31-28-24(14-13-22-9-11-23(12-10-22)19-32-17-4-3-5-18-32)7-6-8-26(28)29(36)33(21)25(20-34)15-16-27(35)30-2/h6-12,20,25H,3-5,15-19H2,1-2H3,(H,30,35). The Morgan fingerprint density at radius 3 is 2.56 bits per heavy atom. The normalized spacial score (nSPS) is 14.6. The molecule has 4 rings (SSSR count). The average Bonchev–Trinajstić information content (AvgIpc) is 2.90. The molecular formula is C29H32N4O3. The number of nitrogens with zero attached hydrogens (tertiary/aromatic N) is 3. The van der Waals surface area contributed by atoms with Gasteiger partial charge in [-0.3, -0.25) is 19.1 Å². The smallest absolute Gasteiger partial charge is 0.262 e. The van der Waals surface area contributed by atoms with Crippen molar-refractivity contribution in [2.75, 3.05) is 20.1 Å². The van der Waals surface area contributed by atoms with Crippen molar-refractivity contribution in [3.8, 4) is 11.8 Å². The SMILES string of the molecule is CNC(=O)CCC(C=O)n1c(C)nc2c(C#Cc3ccc(CN4CCCCC4)cc3)cccc2c1=O. The average molecular weight is 485 g/mol. The highest BCUT2D eigenvalue weighted by atomic mass is 16.2. The molecule has 0 spiro atoms. The lowest BCUT2D eigenvalue weighted by Crippen LogP contribution is -2.30. The first kappa shape index (κ1) is 25.3. The van der Waals surface area contributed by atoms with E-state index >= 15 is 0 Å². The summed E-state index contributed by atoms with van der Waals surface area (Å²) in [6.07, 6.45) is 4.95. The fourth-order valence-corrected chi connectivity index (χ4v) is 4.69. The Morgan fingerprint density at radius 2 is 1.86 bits per heavy atom. The van der Waals surface area contributed by atoms with Crippen LogP contribution in [-0.2, 0) is 16.1 Å². The van der Waals surface area contributed by atoms with Crippen LogP contribution < -0.4 is 10.9 Å². The highest BCUT2D eigenvalue weighted by molar-refractivity contribution is 5.84. The van der Waals surface area contributed by atoms with Gasteiger partial charge in [0.25, 0.3) is 5.56 Å². The Labute approximate surface area is 211 Å². The van der Waals surface area contributed by atoms with Gasteiger partial charge in [0.2, 0.25) is 5.91 Å². The zero-order valence-corrected chi connectivity index (χ0v) is 20.9. The van der Waals surface area contributed by atoms with Gasteiger partial charge in [-0.05, 0) is 69.1 Å². The van der Waals surface area contributed by atoms with Crippen LogP contribution in [0.5, 0.6) is 0 Å². The van der Waals surface area contributed by atoms with E-state index in [0.717, 1.165) is 12.1 Å². The number of aldehydes is 1. The first-order chi connectivity index (χ1) is 17.5. The molecule has 36 heavy (non-hydrogen) atoms. The fraction of sp³-hybridized carbons (Fsp3) is 0.379. The number of carbonyl (C=O) groups excluding carboxylic acids is 2. The van der Waals surface area contributed by atoms with Crippen molar-refractivity contribution < 1.29 is 9.59 Å². The van der Waals surface area contributed by atoms with E-state index in [2.05, 4.69) is 39.2 Å². The Balaban J connectivity index is 1.58. The summed E-state index contributed by atoms with van der Waals surface area (Å²) in [6.45, 7) is 5.00. The Bertz CT molecular complexity index is 1360. The Hall–Kier alpha value is -3.76. The van der Waals surface area contributed by atoms with Crippen LogP contribution in [0.1, 0.15) is 60.7 Å². The number of amides is 1. The Kier molecular flexibility index (Phi) is 8.29. The third kappa shape index (κ3) is 5.89. The van der Waals surface area contributed by atoms with Gasteiger partial charge in [-0.1, -0.05) is 36.5 Å². The highest BCUT2D eigenvalue weighted by Gasteiger charge is 2.19. The van der Waals surface area contributed by atoms with Crippen LogP contribution in [0.2, 0.25) is 0 Å². The van der Waals surface area contributed by atoms with Gasteiger partial charge in [0, 0.05) is 25.6 Å². The molecule has 1 aromatic heterocycles. The van der Waals surface area contributed by atoms with Gasteiger partial charge >= 0.3 is 0 Å². The van der Waals surface area contributed by atoms with E-state index in [1.54, 1.807) is 26.1 Å². The van der Waals surface area contributed by atoms with Crippen molar-refractivity contribution in [2.24, 2.45) is 0 Å². The number of aryl methyl sites for hydroxylation is 1. The van der Waals surface area contributed by atoms with Crippen LogP contribution in [0.3, 0.4) is 0 Å². The van der Waals surface area contributed by atoms with Crippen molar-refractivity contribution >= 4 is 23.1 Å². The minimum absolute atomic E-state index is 0.145. The maximum Gasteiger partial charge on any atom is 0.262 e. The molecule has 1 atom stereocenters. The quantitative estimate of drug-likeness (QED) is 0.411. The summed E-state index contributed by atoms with van der Waals surface area (Å²) in [5.74, 6) is 6.61. The van der Waals surface area contributed by atoms with Gasteiger partial charge in [0.1, 0.15) is 12.1 Å². The lowest BCUT2D eigenvalue weighted by Gasteiger charge is -2.26. The summed E-state index contributed by atoms with van der Waals surface area (Å²) < 4.78 is 1.37. The summed E-state index contributed by atoms with van der Waals surface area (Å²) in [5.41, 5.74) is 3.05. The summed E-state index contributed by atoms with van der Waals surface area (Å²) in [7, 11) is 1.54. The van der Waals surface area contributed by atoms with Crippen LogP contribution in [0.25, 0.3) is 10.9 Å². The van der Waals surface area contributed by atoms with Gasteiger partial charge in [0.05, 0.1) is 22.5 Å². The van der Waals surface area contributed by atoms with E-state index in [-0.39, 0.29) is 24.3 Å². The lowest BCUT2D eigenvalue weighted by molar-refractivity contribution is -0.121. The number of carbonyl (C=O) groups is 2. The number of likely N-dealkylation sites (tertiary alicyclic amines) is 1. The minimum atomic E-state index is -0.759. The molecule has 7 heteroatoms. The molecule has 0 bridgehead atoms. The third-order valence-corrected chi connectivity index (χ3v) is 6.69. The van der Waals surface area contributed by atoms with E-state index in [0.29, 0.717) is 28.6 Å². The summed E-state index contributed by atoms with van der Waals surface area (Å²) in [5, 5.41) is 2.93. The lowest BCUT2D eigenvalue weighted by atomic mass is 10.1. The number of rotatable bonds is 7. The van der Waals surface area contributed by atoms with E-state index in [4.69, 9.17) is 0 Å². The van der Waals surface area contributed by atoms with E-state index in [9.17, 15) is 14.4 Å². The number of hydrogen-bond donors (Lipinski definition) is 1.